The SMILES string of the molecule is CC(C)(C)[C@H](NC(=O)C1CC1)C(=O)N1C[C@H]2[C@@H]([C@H]1C(=O)N[C@@H](C[C@@H]1CCNC1=O)C(=O)c1nc3ccccc3s1)C2(C)C. The lowest BCUT2D eigenvalue weighted by molar-refractivity contribution is -0.145. The highest BCUT2D eigenvalue weighted by Gasteiger charge is 2.70. The summed E-state index contributed by atoms with van der Waals surface area (Å²) in [7, 11) is 0. The number of carbonyl (C=O) groups excluding carboxylic acids is 5. The number of rotatable bonds is 9. The number of likely N-dealkylation sites (tertiary alicyclic amines) is 1. The normalized spacial score (nSPS) is 27.3. The molecule has 0 radical (unpaired) electrons. The molecule has 0 unspecified atom stereocenters. The van der Waals surface area contributed by atoms with Gasteiger partial charge in [0.1, 0.15) is 12.1 Å². The number of amides is 4. The summed E-state index contributed by atoms with van der Waals surface area (Å²) in [4.78, 5) is 73.7. The molecule has 230 valence electrons. The number of carbonyl (C=O) groups is 5. The predicted octanol–water partition coefficient (Wildman–Crippen LogP) is 2.91. The highest BCUT2D eigenvalue weighted by molar-refractivity contribution is 7.20. The van der Waals surface area contributed by atoms with Crippen LogP contribution < -0.4 is 16.0 Å². The molecule has 1 aromatic heterocycles. The van der Waals surface area contributed by atoms with Gasteiger partial charge < -0.3 is 20.9 Å². The van der Waals surface area contributed by atoms with Crippen molar-refractivity contribution in [2.24, 2.45) is 34.5 Å². The van der Waals surface area contributed by atoms with Gasteiger partial charge in [-0.05, 0) is 60.5 Å². The van der Waals surface area contributed by atoms with E-state index in [1.807, 2.05) is 45.0 Å². The van der Waals surface area contributed by atoms with Crippen molar-refractivity contribution < 1.29 is 24.0 Å². The molecule has 2 saturated heterocycles. The molecule has 10 nitrogen and oxygen atoms in total. The zero-order valence-electron chi connectivity index (χ0n) is 25.4. The first kappa shape index (κ1) is 29.7. The lowest BCUT2D eigenvalue weighted by Gasteiger charge is -2.38. The van der Waals surface area contributed by atoms with Crippen molar-refractivity contribution in [2.75, 3.05) is 13.1 Å². The van der Waals surface area contributed by atoms with E-state index in [4.69, 9.17) is 0 Å². The van der Waals surface area contributed by atoms with Crippen LogP contribution in [0.25, 0.3) is 10.2 Å². The number of piperidine rings is 1. The molecule has 6 rings (SSSR count). The van der Waals surface area contributed by atoms with E-state index in [1.54, 1.807) is 4.90 Å². The highest BCUT2D eigenvalue weighted by Crippen LogP contribution is 2.65. The molecule has 43 heavy (non-hydrogen) atoms. The molecule has 3 heterocycles. The van der Waals surface area contributed by atoms with Crippen LogP contribution in [0.2, 0.25) is 0 Å². The monoisotopic (exact) mass is 607 g/mol. The zero-order chi connectivity index (χ0) is 30.8. The quantitative estimate of drug-likeness (QED) is 0.375. The Hall–Kier alpha value is -3.34. The Morgan fingerprint density at radius 3 is 2.44 bits per heavy atom. The molecular weight excluding hydrogens is 566 g/mol. The van der Waals surface area contributed by atoms with Gasteiger partial charge in [0.2, 0.25) is 29.4 Å². The maximum atomic E-state index is 14.2. The van der Waals surface area contributed by atoms with E-state index in [0.717, 1.165) is 17.5 Å². The summed E-state index contributed by atoms with van der Waals surface area (Å²) in [5, 5.41) is 9.08. The summed E-state index contributed by atoms with van der Waals surface area (Å²) in [6.45, 7) is 10.9. The summed E-state index contributed by atoms with van der Waals surface area (Å²) < 4.78 is 0.867. The van der Waals surface area contributed by atoms with Gasteiger partial charge in [0.05, 0.1) is 16.3 Å². The molecule has 6 atom stereocenters. The predicted molar refractivity (Wildman–Crippen MR) is 162 cm³/mol. The topological polar surface area (TPSA) is 138 Å². The van der Waals surface area contributed by atoms with E-state index in [2.05, 4.69) is 34.8 Å². The number of nitrogens with zero attached hydrogens (tertiary/aromatic N) is 2. The number of ketones is 1. The van der Waals surface area contributed by atoms with E-state index < -0.39 is 35.4 Å². The minimum Gasteiger partial charge on any atom is -0.356 e. The van der Waals surface area contributed by atoms with Gasteiger partial charge in [-0.3, -0.25) is 24.0 Å². The van der Waals surface area contributed by atoms with Gasteiger partial charge in [0.25, 0.3) is 0 Å². The van der Waals surface area contributed by atoms with E-state index in [-0.39, 0.29) is 58.1 Å². The number of fused-ring (bicyclic) bond motifs is 2. The van der Waals surface area contributed by atoms with Crippen molar-refractivity contribution in [2.45, 2.75) is 78.4 Å². The van der Waals surface area contributed by atoms with Gasteiger partial charge in [0.15, 0.2) is 5.01 Å². The standard InChI is InChI=1S/C32H41N5O5S/c1-31(2,3)25(36-27(40)16-10-11-16)30(42)37-15-18-22(32(18,4)5)23(37)28(41)34-20(14-17-12-13-33-26(17)39)24(38)29-35-19-8-6-7-9-21(19)43-29/h6-9,16-18,20,22-23,25H,10-15H2,1-5H3,(H,33,39)(H,34,41)(H,36,40)/t17-,18-,20-,22-,23-,25+/m0/s1. The average molecular weight is 608 g/mol. The summed E-state index contributed by atoms with van der Waals surface area (Å²) in [5.41, 5.74) is 0.00763. The second-order valence-corrected chi connectivity index (χ2v) is 15.4. The third kappa shape index (κ3) is 5.56. The van der Waals surface area contributed by atoms with Crippen molar-refractivity contribution in [3.63, 3.8) is 0 Å². The number of hydrogen-bond donors (Lipinski definition) is 3. The van der Waals surface area contributed by atoms with Crippen LogP contribution >= 0.6 is 11.3 Å². The van der Waals surface area contributed by atoms with Crippen LogP contribution in [-0.4, -0.2) is 70.5 Å². The molecule has 11 heteroatoms. The van der Waals surface area contributed by atoms with Crippen molar-refractivity contribution in [3.05, 3.63) is 29.3 Å². The van der Waals surface area contributed by atoms with Crippen LogP contribution in [0.1, 0.15) is 70.1 Å². The molecule has 4 aliphatic rings. The number of hydrogen-bond acceptors (Lipinski definition) is 7. The van der Waals surface area contributed by atoms with Gasteiger partial charge >= 0.3 is 0 Å². The molecule has 2 aliphatic heterocycles. The third-order valence-electron chi connectivity index (χ3n) is 9.93. The fourth-order valence-electron chi connectivity index (χ4n) is 7.00. The van der Waals surface area contributed by atoms with E-state index in [0.29, 0.717) is 25.0 Å². The molecular formula is C32H41N5O5S. The van der Waals surface area contributed by atoms with Crippen LogP contribution in [0, 0.1) is 34.5 Å². The maximum absolute atomic E-state index is 14.2. The minimum atomic E-state index is -0.965. The number of thiazole rings is 1. The lowest BCUT2D eigenvalue weighted by Crippen LogP contribution is -2.60. The van der Waals surface area contributed by atoms with Crippen molar-refractivity contribution >= 4 is 51.0 Å². The third-order valence-corrected chi connectivity index (χ3v) is 11.0. The molecule has 1 aromatic carbocycles. The largest absolute Gasteiger partial charge is 0.356 e. The van der Waals surface area contributed by atoms with Gasteiger partial charge in [-0.15, -0.1) is 11.3 Å². The van der Waals surface area contributed by atoms with Gasteiger partial charge in [-0.1, -0.05) is 46.8 Å². The van der Waals surface area contributed by atoms with E-state index >= 15 is 0 Å². The van der Waals surface area contributed by atoms with Crippen LogP contribution in [0.4, 0.5) is 0 Å². The Kier molecular flexibility index (Phi) is 7.38. The number of para-hydroxylation sites is 1. The molecule has 2 aliphatic carbocycles. The zero-order valence-corrected chi connectivity index (χ0v) is 26.3. The number of aromatic nitrogens is 1. The summed E-state index contributed by atoms with van der Waals surface area (Å²) in [6, 6.07) is 4.95. The Bertz CT molecular complexity index is 1460. The molecule has 4 amide bonds. The first-order valence-electron chi connectivity index (χ1n) is 15.4. The summed E-state index contributed by atoms with van der Waals surface area (Å²) in [6.07, 6.45) is 2.39. The van der Waals surface area contributed by atoms with Crippen molar-refractivity contribution in [3.8, 4) is 0 Å². The molecule has 0 bridgehead atoms. The van der Waals surface area contributed by atoms with Crippen LogP contribution in [0.3, 0.4) is 0 Å². The van der Waals surface area contributed by atoms with E-state index in [1.165, 1.54) is 11.3 Å². The first-order valence-corrected chi connectivity index (χ1v) is 16.2. The lowest BCUT2D eigenvalue weighted by atomic mass is 9.85. The molecule has 3 N–H and O–H groups in total. The molecule has 0 spiro atoms. The summed E-state index contributed by atoms with van der Waals surface area (Å²) in [5.74, 6) is -1.62. The maximum Gasteiger partial charge on any atom is 0.246 e. The minimum absolute atomic E-state index is 0.0512. The van der Waals surface area contributed by atoms with Crippen LogP contribution in [0.15, 0.2) is 24.3 Å². The van der Waals surface area contributed by atoms with Crippen LogP contribution in [0.5, 0.6) is 0 Å². The van der Waals surface area contributed by atoms with E-state index in [9.17, 15) is 24.0 Å². The molecule has 4 fully saturated rings. The van der Waals surface area contributed by atoms with Gasteiger partial charge in [-0.25, -0.2) is 4.98 Å². The average Bonchev–Trinajstić information content (AvgIpc) is 3.64. The van der Waals surface area contributed by atoms with Crippen molar-refractivity contribution in [1.82, 2.24) is 25.8 Å². The Morgan fingerprint density at radius 1 is 1.09 bits per heavy atom. The smallest absolute Gasteiger partial charge is 0.246 e. The second-order valence-electron chi connectivity index (χ2n) is 14.4. The number of nitrogens with one attached hydrogen (secondary N) is 3. The van der Waals surface area contributed by atoms with Crippen LogP contribution in [-0.2, 0) is 19.2 Å². The fraction of sp³-hybridized carbons (Fsp3) is 0.625. The second kappa shape index (κ2) is 10.7. The Morgan fingerprint density at radius 2 is 1.81 bits per heavy atom. The summed E-state index contributed by atoms with van der Waals surface area (Å²) >= 11 is 1.27. The molecule has 2 saturated carbocycles. The highest BCUT2D eigenvalue weighted by atomic mass is 32.1. The van der Waals surface area contributed by atoms with Gasteiger partial charge in [-0.2, -0.15) is 0 Å². The number of benzene rings is 1. The Labute approximate surface area is 255 Å². The molecule has 2 aromatic rings. The number of Topliss-reactive ketones (excluding diaryl/α,β-unsaturated/α-hetero) is 1. The van der Waals surface area contributed by atoms with Crippen molar-refractivity contribution in [1.29, 1.82) is 0 Å². The first-order chi connectivity index (χ1) is 20.3. The van der Waals surface area contributed by atoms with Gasteiger partial charge in [0, 0.05) is 24.9 Å². The Balaban J connectivity index is 1.27. The fourth-order valence-corrected chi connectivity index (χ4v) is 7.96.